The highest BCUT2D eigenvalue weighted by Crippen LogP contribution is 2.21. The smallest absolute Gasteiger partial charge is 0.410 e. The molecule has 0 saturated carbocycles. The van der Waals surface area contributed by atoms with Crippen LogP contribution in [0.1, 0.15) is 39.2 Å². The van der Waals surface area contributed by atoms with E-state index in [-0.39, 0.29) is 6.09 Å². The predicted molar refractivity (Wildman–Crippen MR) is 104 cm³/mol. The molecule has 2 rings (SSSR count). The molecule has 1 unspecified atom stereocenters. The van der Waals surface area contributed by atoms with E-state index in [1.807, 2.05) is 25.7 Å². The van der Waals surface area contributed by atoms with Crippen LogP contribution in [0, 0.1) is 5.92 Å². The first-order chi connectivity index (χ1) is 12.4. The van der Waals surface area contributed by atoms with E-state index in [2.05, 4.69) is 35.2 Å². The van der Waals surface area contributed by atoms with Crippen molar-refractivity contribution in [2.75, 3.05) is 39.9 Å². The summed E-state index contributed by atoms with van der Waals surface area (Å²) in [5, 5.41) is 0. The predicted octanol–water partition coefficient (Wildman–Crippen LogP) is 3.78. The van der Waals surface area contributed by atoms with Crippen molar-refractivity contribution in [1.29, 1.82) is 0 Å². The van der Waals surface area contributed by atoms with E-state index in [1.54, 1.807) is 7.11 Å². The second kappa shape index (κ2) is 9.93. The third-order valence-electron chi connectivity index (χ3n) is 4.55. The van der Waals surface area contributed by atoms with Gasteiger partial charge in [-0.15, -0.1) is 0 Å². The standard InChI is InChI=1S/C21H34N2O3/c1-21(2,3)26-20(24)23(13-14-25-4)17-19-11-8-12-22(16-19)15-18-9-6-5-7-10-18/h5-7,9-10,19H,8,11-17H2,1-4H3. The van der Waals surface area contributed by atoms with E-state index in [9.17, 15) is 4.79 Å². The van der Waals surface area contributed by atoms with Gasteiger partial charge in [-0.1, -0.05) is 30.3 Å². The summed E-state index contributed by atoms with van der Waals surface area (Å²) >= 11 is 0. The van der Waals surface area contributed by atoms with Crippen LogP contribution in [0.15, 0.2) is 30.3 Å². The molecular weight excluding hydrogens is 328 g/mol. The van der Waals surface area contributed by atoms with Gasteiger partial charge in [0, 0.05) is 33.3 Å². The van der Waals surface area contributed by atoms with Crippen molar-refractivity contribution in [3.8, 4) is 0 Å². The van der Waals surface area contributed by atoms with Gasteiger partial charge in [0.2, 0.25) is 0 Å². The SMILES string of the molecule is COCCN(CC1CCCN(Cc2ccccc2)C1)C(=O)OC(C)(C)C. The van der Waals surface area contributed by atoms with E-state index in [1.165, 1.54) is 12.0 Å². The molecular formula is C21H34N2O3. The Morgan fingerprint density at radius 1 is 1.27 bits per heavy atom. The molecule has 1 atom stereocenters. The van der Waals surface area contributed by atoms with Crippen molar-refractivity contribution in [2.45, 2.75) is 45.8 Å². The summed E-state index contributed by atoms with van der Waals surface area (Å²) in [6.45, 7) is 10.6. The number of likely N-dealkylation sites (tertiary alicyclic amines) is 1. The maximum atomic E-state index is 12.5. The summed E-state index contributed by atoms with van der Waals surface area (Å²) in [4.78, 5) is 16.8. The molecule has 0 N–H and O–H groups in total. The van der Waals surface area contributed by atoms with Crippen LogP contribution in [0.2, 0.25) is 0 Å². The molecule has 0 radical (unpaired) electrons. The van der Waals surface area contributed by atoms with Crippen LogP contribution in [0.4, 0.5) is 4.79 Å². The molecule has 0 aromatic heterocycles. The zero-order chi connectivity index (χ0) is 19.0. The Balaban J connectivity index is 1.92. The molecule has 1 saturated heterocycles. The first-order valence-electron chi connectivity index (χ1n) is 9.60. The van der Waals surface area contributed by atoms with Crippen molar-refractivity contribution in [1.82, 2.24) is 9.80 Å². The number of rotatable bonds is 7. The van der Waals surface area contributed by atoms with Gasteiger partial charge in [0.1, 0.15) is 5.60 Å². The van der Waals surface area contributed by atoms with Gasteiger partial charge in [-0.05, 0) is 51.6 Å². The highest BCUT2D eigenvalue weighted by atomic mass is 16.6. The lowest BCUT2D eigenvalue weighted by Gasteiger charge is -2.36. The lowest BCUT2D eigenvalue weighted by atomic mass is 9.97. The maximum absolute atomic E-state index is 12.5. The van der Waals surface area contributed by atoms with E-state index in [0.717, 1.165) is 32.6 Å². The van der Waals surface area contributed by atoms with Gasteiger partial charge >= 0.3 is 6.09 Å². The topological polar surface area (TPSA) is 42.0 Å². The summed E-state index contributed by atoms with van der Waals surface area (Å²) in [6.07, 6.45) is 2.08. The number of hydrogen-bond donors (Lipinski definition) is 0. The zero-order valence-corrected chi connectivity index (χ0v) is 16.7. The first kappa shape index (κ1) is 20.7. The Labute approximate surface area is 158 Å². The second-order valence-corrected chi connectivity index (χ2v) is 8.15. The average molecular weight is 363 g/mol. The summed E-state index contributed by atoms with van der Waals surface area (Å²) in [7, 11) is 1.66. The third-order valence-corrected chi connectivity index (χ3v) is 4.55. The normalized spacial score (nSPS) is 18.5. The third kappa shape index (κ3) is 7.34. The Hall–Kier alpha value is -1.59. The minimum atomic E-state index is -0.478. The van der Waals surface area contributed by atoms with E-state index in [0.29, 0.717) is 19.1 Å². The summed E-state index contributed by atoms with van der Waals surface area (Å²) < 4.78 is 10.8. The zero-order valence-electron chi connectivity index (χ0n) is 16.7. The van der Waals surface area contributed by atoms with Crippen molar-refractivity contribution in [3.05, 3.63) is 35.9 Å². The quantitative estimate of drug-likeness (QED) is 0.740. The van der Waals surface area contributed by atoms with Gasteiger partial charge in [-0.3, -0.25) is 4.90 Å². The second-order valence-electron chi connectivity index (χ2n) is 8.15. The molecule has 1 aromatic rings. The van der Waals surface area contributed by atoms with Crippen molar-refractivity contribution in [2.24, 2.45) is 5.92 Å². The minimum absolute atomic E-state index is 0.241. The van der Waals surface area contributed by atoms with Gasteiger partial charge in [-0.25, -0.2) is 4.79 Å². The number of hydrogen-bond acceptors (Lipinski definition) is 4. The molecule has 146 valence electrons. The number of benzene rings is 1. The number of carbonyl (C=O) groups excluding carboxylic acids is 1. The van der Waals surface area contributed by atoms with Crippen LogP contribution in [-0.4, -0.2) is 61.4 Å². The van der Waals surface area contributed by atoms with Gasteiger partial charge in [0.15, 0.2) is 0 Å². The van der Waals surface area contributed by atoms with Crippen molar-refractivity contribution >= 4 is 6.09 Å². The van der Waals surface area contributed by atoms with Crippen LogP contribution >= 0.6 is 0 Å². The Bertz CT molecular complexity index is 542. The lowest BCUT2D eigenvalue weighted by Crippen LogP contribution is -2.45. The summed E-state index contributed by atoms with van der Waals surface area (Å²) in [6, 6.07) is 10.6. The molecule has 0 spiro atoms. The highest BCUT2D eigenvalue weighted by molar-refractivity contribution is 5.68. The number of amides is 1. The number of nitrogens with zero attached hydrogens (tertiary/aromatic N) is 2. The van der Waals surface area contributed by atoms with Crippen LogP contribution < -0.4 is 0 Å². The fourth-order valence-corrected chi connectivity index (χ4v) is 3.38. The van der Waals surface area contributed by atoms with Crippen LogP contribution in [0.25, 0.3) is 0 Å². The Morgan fingerprint density at radius 3 is 2.65 bits per heavy atom. The molecule has 1 heterocycles. The first-order valence-corrected chi connectivity index (χ1v) is 9.60. The Kier molecular flexibility index (Phi) is 7.91. The van der Waals surface area contributed by atoms with Gasteiger partial charge in [0.25, 0.3) is 0 Å². The molecule has 1 amide bonds. The van der Waals surface area contributed by atoms with E-state index in [4.69, 9.17) is 9.47 Å². The number of ether oxygens (including phenoxy) is 2. The lowest BCUT2D eigenvalue weighted by molar-refractivity contribution is 0.0133. The van der Waals surface area contributed by atoms with Crippen molar-refractivity contribution < 1.29 is 14.3 Å². The fourth-order valence-electron chi connectivity index (χ4n) is 3.38. The number of methoxy groups -OCH3 is 1. The molecule has 1 fully saturated rings. The van der Waals surface area contributed by atoms with Crippen LogP contribution in [0.5, 0.6) is 0 Å². The molecule has 0 bridgehead atoms. The molecule has 5 heteroatoms. The van der Waals surface area contributed by atoms with Crippen molar-refractivity contribution in [3.63, 3.8) is 0 Å². The molecule has 1 aliphatic rings. The van der Waals surface area contributed by atoms with Gasteiger partial charge < -0.3 is 14.4 Å². The molecule has 0 aliphatic carbocycles. The molecule has 1 aromatic carbocycles. The van der Waals surface area contributed by atoms with Gasteiger partial charge in [0.05, 0.1) is 6.61 Å². The fraction of sp³-hybridized carbons (Fsp3) is 0.667. The monoisotopic (exact) mass is 362 g/mol. The molecule has 26 heavy (non-hydrogen) atoms. The summed E-state index contributed by atoms with van der Waals surface area (Å²) in [5.41, 5.74) is 0.866. The largest absolute Gasteiger partial charge is 0.444 e. The average Bonchev–Trinajstić information content (AvgIpc) is 2.58. The van der Waals surface area contributed by atoms with E-state index >= 15 is 0 Å². The number of carbonyl (C=O) groups is 1. The summed E-state index contributed by atoms with van der Waals surface area (Å²) in [5.74, 6) is 0.469. The van der Waals surface area contributed by atoms with Crippen LogP contribution in [0.3, 0.4) is 0 Å². The Morgan fingerprint density at radius 2 is 2.00 bits per heavy atom. The van der Waals surface area contributed by atoms with Crippen LogP contribution in [-0.2, 0) is 16.0 Å². The number of piperidine rings is 1. The maximum Gasteiger partial charge on any atom is 0.410 e. The van der Waals surface area contributed by atoms with E-state index < -0.39 is 5.60 Å². The highest BCUT2D eigenvalue weighted by Gasteiger charge is 2.27. The van der Waals surface area contributed by atoms with Gasteiger partial charge in [-0.2, -0.15) is 0 Å². The molecule has 1 aliphatic heterocycles. The molecule has 5 nitrogen and oxygen atoms in total. The minimum Gasteiger partial charge on any atom is -0.444 e.